The van der Waals surface area contributed by atoms with Gasteiger partial charge in [-0.3, -0.25) is 9.59 Å². The number of carbonyl (C=O) groups excluding carboxylic acids is 2. The van der Waals surface area contributed by atoms with Gasteiger partial charge in [-0.25, -0.2) is 0 Å². The predicted molar refractivity (Wildman–Crippen MR) is 65.8 cm³/mol. The number of hydrogen-bond acceptors (Lipinski definition) is 3. The van der Waals surface area contributed by atoms with E-state index in [4.69, 9.17) is 0 Å². The minimum Gasteiger partial charge on any atom is -0.468 e. The third-order valence-corrected chi connectivity index (χ3v) is 3.73. The predicted octanol–water partition coefficient (Wildman–Crippen LogP) is 2.38. The molecule has 1 rings (SSSR count). The van der Waals surface area contributed by atoms with E-state index in [9.17, 15) is 22.8 Å². The van der Waals surface area contributed by atoms with Gasteiger partial charge in [-0.2, -0.15) is 13.2 Å². The van der Waals surface area contributed by atoms with Gasteiger partial charge in [-0.05, 0) is 26.2 Å². The molecule has 1 fully saturated rings. The number of halogens is 3. The molecule has 0 heterocycles. The van der Waals surface area contributed by atoms with Crippen LogP contribution >= 0.6 is 0 Å². The van der Waals surface area contributed by atoms with Gasteiger partial charge in [0.05, 0.1) is 13.0 Å². The van der Waals surface area contributed by atoms with Crippen LogP contribution in [0, 0.1) is 11.8 Å². The molecule has 0 aromatic heterocycles. The van der Waals surface area contributed by atoms with Crippen LogP contribution in [0.4, 0.5) is 13.2 Å². The fraction of sp³-hybridized carbons (Fsp3) is 0.846. The first-order valence-corrected chi connectivity index (χ1v) is 6.71. The van der Waals surface area contributed by atoms with Crippen LogP contribution in [0.15, 0.2) is 0 Å². The van der Waals surface area contributed by atoms with Gasteiger partial charge in [0.15, 0.2) is 0 Å². The zero-order valence-corrected chi connectivity index (χ0v) is 11.7. The average Bonchev–Trinajstić information content (AvgIpc) is 2.42. The summed E-state index contributed by atoms with van der Waals surface area (Å²) >= 11 is 0. The Bertz CT molecular complexity index is 357. The van der Waals surface area contributed by atoms with E-state index in [0.29, 0.717) is 12.8 Å². The summed E-state index contributed by atoms with van der Waals surface area (Å²) in [5.41, 5.74) is 0. The van der Waals surface area contributed by atoms with Crippen molar-refractivity contribution in [3.8, 4) is 0 Å². The highest BCUT2D eigenvalue weighted by molar-refractivity contribution is 5.83. The number of ether oxygens (including phenoxy) is 1. The molecule has 1 aliphatic carbocycles. The fourth-order valence-corrected chi connectivity index (χ4v) is 2.54. The van der Waals surface area contributed by atoms with Crippen LogP contribution < -0.4 is 0 Å². The molecule has 0 saturated heterocycles. The van der Waals surface area contributed by atoms with Crippen molar-refractivity contribution in [3.63, 3.8) is 0 Å². The van der Waals surface area contributed by atoms with Crippen molar-refractivity contribution in [2.75, 3.05) is 20.2 Å². The number of methoxy groups -OCH3 is 1. The number of amides is 1. The van der Waals surface area contributed by atoms with Crippen LogP contribution in [-0.4, -0.2) is 43.2 Å². The molecule has 2 atom stereocenters. The Morgan fingerprint density at radius 2 is 1.95 bits per heavy atom. The van der Waals surface area contributed by atoms with E-state index in [0.717, 1.165) is 0 Å². The molecule has 0 bridgehead atoms. The lowest BCUT2D eigenvalue weighted by atomic mass is 9.80. The van der Waals surface area contributed by atoms with Crippen molar-refractivity contribution in [2.24, 2.45) is 11.8 Å². The minimum atomic E-state index is -4.25. The van der Waals surface area contributed by atoms with E-state index in [1.165, 1.54) is 12.0 Å². The van der Waals surface area contributed by atoms with Crippen LogP contribution in [0.3, 0.4) is 0 Å². The Labute approximate surface area is 116 Å². The van der Waals surface area contributed by atoms with E-state index in [2.05, 4.69) is 4.74 Å². The van der Waals surface area contributed by atoms with Crippen LogP contribution in [-0.2, 0) is 14.3 Å². The second-order valence-electron chi connectivity index (χ2n) is 5.03. The fourth-order valence-electron chi connectivity index (χ4n) is 2.54. The molecule has 1 amide bonds. The summed E-state index contributed by atoms with van der Waals surface area (Å²) < 4.78 is 42.7. The topological polar surface area (TPSA) is 46.6 Å². The van der Waals surface area contributed by atoms with Crippen molar-refractivity contribution in [1.29, 1.82) is 0 Å². The van der Waals surface area contributed by atoms with E-state index in [1.54, 1.807) is 6.92 Å². The van der Waals surface area contributed by atoms with Gasteiger partial charge in [-0.15, -0.1) is 0 Å². The van der Waals surface area contributed by atoms with Gasteiger partial charge in [0.1, 0.15) is 6.54 Å². The molecule has 0 aromatic rings. The van der Waals surface area contributed by atoms with Crippen molar-refractivity contribution in [2.45, 2.75) is 38.8 Å². The summed E-state index contributed by atoms with van der Waals surface area (Å²) in [6, 6.07) is 0. The first-order chi connectivity index (χ1) is 9.29. The van der Waals surface area contributed by atoms with Gasteiger partial charge < -0.3 is 9.64 Å². The first kappa shape index (κ1) is 16.8. The molecule has 1 aliphatic rings. The molecule has 7 heteroatoms. The Hall–Kier alpha value is -1.27. The third kappa shape index (κ3) is 4.38. The number of nitrogens with zero attached hydrogens (tertiary/aromatic N) is 1. The molecule has 116 valence electrons. The van der Waals surface area contributed by atoms with Gasteiger partial charge in [-0.1, -0.05) is 6.42 Å². The van der Waals surface area contributed by atoms with Crippen molar-refractivity contribution >= 4 is 11.9 Å². The average molecular weight is 295 g/mol. The number of rotatable bonds is 4. The van der Waals surface area contributed by atoms with Crippen molar-refractivity contribution in [3.05, 3.63) is 0 Å². The summed E-state index contributed by atoms with van der Waals surface area (Å²) in [4.78, 5) is 24.7. The molecule has 0 radical (unpaired) electrons. The Morgan fingerprint density at radius 1 is 1.30 bits per heavy atom. The zero-order chi connectivity index (χ0) is 15.3. The molecular formula is C13H20F3NO3. The molecule has 0 aromatic carbocycles. The maximum Gasteiger partial charge on any atom is 0.391 e. The SMILES string of the molecule is CCN(CC(=O)OC)C(=O)C1CCCC(C(F)(F)F)C1. The van der Waals surface area contributed by atoms with Crippen molar-refractivity contribution < 1.29 is 27.5 Å². The lowest BCUT2D eigenvalue weighted by molar-refractivity contribution is -0.187. The number of likely N-dealkylation sites (N-methyl/N-ethyl adjacent to an activating group) is 1. The number of hydrogen-bond donors (Lipinski definition) is 0. The van der Waals surface area contributed by atoms with Crippen LogP contribution in [0.25, 0.3) is 0 Å². The third-order valence-electron chi connectivity index (χ3n) is 3.73. The van der Waals surface area contributed by atoms with Gasteiger partial charge in [0.2, 0.25) is 5.91 Å². The monoisotopic (exact) mass is 295 g/mol. The highest BCUT2D eigenvalue weighted by Gasteiger charge is 2.44. The highest BCUT2D eigenvalue weighted by Crippen LogP contribution is 2.40. The number of carbonyl (C=O) groups is 2. The summed E-state index contributed by atoms with van der Waals surface area (Å²) in [6.07, 6.45) is -3.52. The minimum absolute atomic E-state index is 0.0798. The molecular weight excluding hydrogens is 275 g/mol. The maximum atomic E-state index is 12.7. The second-order valence-corrected chi connectivity index (χ2v) is 5.03. The summed E-state index contributed by atoms with van der Waals surface area (Å²) in [6.45, 7) is 1.76. The van der Waals surface area contributed by atoms with E-state index in [-0.39, 0.29) is 31.8 Å². The zero-order valence-electron chi connectivity index (χ0n) is 11.7. The molecule has 4 nitrogen and oxygen atoms in total. The second kappa shape index (κ2) is 6.95. The lowest BCUT2D eigenvalue weighted by Crippen LogP contribution is -2.42. The van der Waals surface area contributed by atoms with Crippen LogP contribution in [0.1, 0.15) is 32.6 Å². The normalized spacial score (nSPS) is 23.2. The van der Waals surface area contributed by atoms with Crippen LogP contribution in [0.2, 0.25) is 0 Å². The van der Waals surface area contributed by atoms with Gasteiger partial charge in [0.25, 0.3) is 0 Å². The summed E-state index contributed by atoms with van der Waals surface area (Å²) in [5.74, 6) is -3.02. The van der Waals surface area contributed by atoms with Crippen molar-refractivity contribution in [1.82, 2.24) is 4.90 Å². The quantitative estimate of drug-likeness (QED) is 0.748. The number of alkyl halides is 3. The van der Waals surface area contributed by atoms with Gasteiger partial charge >= 0.3 is 12.1 Å². The van der Waals surface area contributed by atoms with E-state index >= 15 is 0 Å². The van der Waals surface area contributed by atoms with Crippen LogP contribution in [0.5, 0.6) is 0 Å². The summed E-state index contributed by atoms with van der Waals surface area (Å²) in [7, 11) is 1.21. The lowest BCUT2D eigenvalue weighted by Gasteiger charge is -2.32. The Balaban J connectivity index is 2.67. The molecule has 0 N–H and O–H groups in total. The molecule has 1 saturated carbocycles. The Kier molecular flexibility index (Phi) is 5.83. The van der Waals surface area contributed by atoms with E-state index in [1.807, 2.05) is 0 Å². The maximum absolute atomic E-state index is 12.7. The smallest absolute Gasteiger partial charge is 0.391 e. The highest BCUT2D eigenvalue weighted by atomic mass is 19.4. The van der Waals surface area contributed by atoms with Gasteiger partial charge in [0, 0.05) is 12.5 Å². The largest absolute Gasteiger partial charge is 0.468 e. The van der Waals surface area contributed by atoms with E-state index < -0.39 is 24.0 Å². The molecule has 0 spiro atoms. The standard InChI is InChI=1S/C13H20F3NO3/c1-3-17(8-11(18)20-2)12(19)9-5-4-6-10(7-9)13(14,15)16/h9-10H,3-8H2,1-2H3. The first-order valence-electron chi connectivity index (χ1n) is 6.71. The number of esters is 1. The Morgan fingerprint density at radius 3 is 2.45 bits per heavy atom. The molecule has 20 heavy (non-hydrogen) atoms. The molecule has 0 aliphatic heterocycles. The molecule has 2 unspecified atom stereocenters. The summed E-state index contributed by atoms with van der Waals surface area (Å²) in [5, 5.41) is 0.